The van der Waals surface area contributed by atoms with Gasteiger partial charge >= 0.3 is 0 Å². The first-order chi connectivity index (χ1) is 15.8. The van der Waals surface area contributed by atoms with E-state index in [-0.39, 0.29) is 29.9 Å². The van der Waals surface area contributed by atoms with Crippen molar-refractivity contribution in [1.29, 1.82) is 0 Å². The maximum atomic E-state index is 14.7. The van der Waals surface area contributed by atoms with Gasteiger partial charge in [-0.05, 0) is 31.4 Å². The second kappa shape index (κ2) is 9.48. The highest BCUT2D eigenvalue weighted by molar-refractivity contribution is 7.18. The minimum absolute atomic E-state index is 0.148. The SMILES string of the molecule is CCCCCc1c(C)sc2ncn(CC(O)(Cc3nc[nH]n3)c3ccc(F)cc3F)c(=O)c12. The van der Waals surface area contributed by atoms with Crippen LogP contribution in [0.1, 0.15) is 48.0 Å². The molecule has 0 aliphatic carbocycles. The van der Waals surface area contributed by atoms with Crippen LogP contribution in [0.3, 0.4) is 0 Å². The molecule has 1 atom stereocenters. The van der Waals surface area contributed by atoms with Crippen molar-refractivity contribution in [2.75, 3.05) is 0 Å². The molecule has 2 N–H and O–H groups in total. The second-order valence-corrected chi connectivity index (χ2v) is 9.40. The van der Waals surface area contributed by atoms with Gasteiger partial charge in [0.15, 0.2) is 5.82 Å². The number of benzene rings is 1. The highest BCUT2D eigenvalue weighted by Crippen LogP contribution is 2.31. The number of nitrogens with zero attached hydrogens (tertiary/aromatic N) is 4. The molecule has 174 valence electrons. The van der Waals surface area contributed by atoms with Crippen molar-refractivity contribution in [1.82, 2.24) is 24.7 Å². The Kier molecular flexibility index (Phi) is 6.66. The number of aliphatic hydroxyl groups is 1. The number of aromatic amines is 1. The molecule has 1 aromatic carbocycles. The van der Waals surface area contributed by atoms with Crippen LogP contribution in [-0.2, 0) is 25.0 Å². The Morgan fingerprint density at radius 3 is 2.76 bits per heavy atom. The number of halogens is 2. The van der Waals surface area contributed by atoms with E-state index in [0.717, 1.165) is 42.2 Å². The number of thiophene rings is 1. The van der Waals surface area contributed by atoms with E-state index in [1.54, 1.807) is 0 Å². The van der Waals surface area contributed by atoms with Gasteiger partial charge in [-0.1, -0.05) is 25.8 Å². The van der Waals surface area contributed by atoms with E-state index in [0.29, 0.717) is 16.3 Å². The van der Waals surface area contributed by atoms with Crippen LogP contribution in [0.4, 0.5) is 8.78 Å². The molecule has 0 saturated carbocycles. The fourth-order valence-electron chi connectivity index (χ4n) is 4.13. The average molecular weight is 474 g/mol. The second-order valence-electron chi connectivity index (χ2n) is 8.20. The third-order valence-electron chi connectivity index (χ3n) is 5.79. The molecule has 0 saturated heterocycles. The standard InChI is InChI=1S/C23H25F2N5O2S/c1-3-4-5-6-16-14(2)33-21-20(16)22(31)30(13-27-21)11-23(32,10-19-26-12-28-29-19)17-8-7-15(24)9-18(17)25/h7-9,12-13,32H,3-6,10-11H2,1-2H3,(H,26,28,29). The smallest absolute Gasteiger partial charge is 0.262 e. The van der Waals surface area contributed by atoms with E-state index in [4.69, 9.17) is 0 Å². The van der Waals surface area contributed by atoms with Crippen molar-refractivity contribution in [3.63, 3.8) is 0 Å². The lowest BCUT2D eigenvalue weighted by molar-refractivity contribution is 0.0122. The van der Waals surface area contributed by atoms with Crippen LogP contribution in [0, 0.1) is 18.6 Å². The molecule has 1 unspecified atom stereocenters. The van der Waals surface area contributed by atoms with Crippen molar-refractivity contribution in [3.8, 4) is 0 Å². The maximum absolute atomic E-state index is 14.7. The van der Waals surface area contributed by atoms with Crippen LogP contribution in [0.2, 0.25) is 0 Å². The van der Waals surface area contributed by atoms with Gasteiger partial charge < -0.3 is 5.11 Å². The van der Waals surface area contributed by atoms with Gasteiger partial charge in [0.05, 0.1) is 18.3 Å². The predicted molar refractivity (Wildman–Crippen MR) is 122 cm³/mol. The lowest BCUT2D eigenvalue weighted by atomic mass is 9.89. The number of H-pyrrole nitrogens is 1. The summed E-state index contributed by atoms with van der Waals surface area (Å²) in [5.41, 5.74) is -1.38. The summed E-state index contributed by atoms with van der Waals surface area (Å²) >= 11 is 1.47. The maximum Gasteiger partial charge on any atom is 0.262 e. The third kappa shape index (κ3) is 4.72. The monoisotopic (exact) mass is 473 g/mol. The third-order valence-corrected chi connectivity index (χ3v) is 6.85. The zero-order valence-electron chi connectivity index (χ0n) is 18.4. The lowest BCUT2D eigenvalue weighted by Crippen LogP contribution is -2.39. The molecule has 4 rings (SSSR count). The molecule has 0 spiro atoms. The normalized spacial score (nSPS) is 13.5. The zero-order valence-corrected chi connectivity index (χ0v) is 19.3. The van der Waals surface area contributed by atoms with Gasteiger partial charge in [0.1, 0.15) is 28.4 Å². The molecule has 10 heteroatoms. The number of aryl methyl sites for hydroxylation is 2. The summed E-state index contributed by atoms with van der Waals surface area (Å²) in [7, 11) is 0. The fraction of sp³-hybridized carbons (Fsp3) is 0.391. The number of fused-ring (bicyclic) bond motifs is 1. The van der Waals surface area contributed by atoms with Crippen molar-refractivity contribution in [3.05, 3.63) is 74.7 Å². The Morgan fingerprint density at radius 1 is 1.24 bits per heavy atom. The molecule has 0 amide bonds. The van der Waals surface area contributed by atoms with Gasteiger partial charge in [-0.15, -0.1) is 11.3 Å². The Labute approximate surface area is 193 Å². The van der Waals surface area contributed by atoms with Gasteiger partial charge in [0, 0.05) is 22.9 Å². The number of nitrogens with one attached hydrogen (secondary N) is 1. The summed E-state index contributed by atoms with van der Waals surface area (Å²) in [4.78, 5) is 23.6. The van der Waals surface area contributed by atoms with Crippen molar-refractivity contribution < 1.29 is 13.9 Å². The quantitative estimate of drug-likeness (QED) is 0.358. The molecule has 0 radical (unpaired) electrons. The Morgan fingerprint density at radius 2 is 2.06 bits per heavy atom. The van der Waals surface area contributed by atoms with E-state index in [1.807, 2.05) is 6.92 Å². The zero-order chi connectivity index (χ0) is 23.6. The van der Waals surface area contributed by atoms with E-state index < -0.39 is 17.2 Å². The fourth-order valence-corrected chi connectivity index (χ4v) is 5.15. The molecule has 4 aromatic rings. The summed E-state index contributed by atoms with van der Waals surface area (Å²) in [6.07, 6.45) is 6.39. The summed E-state index contributed by atoms with van der Waals surface area (Å²) in [6, 6.07) is 2.95. The van der Waals surface area contributed by atoms with E-state index in [1.165, 1.54) is 34.6 Å². The molecular formula is C23H25F2N5O2S. The lowest BCUT2D eigenvalue weighted by Gasteiger charge is -2.28. The summed E-state index contributed by atoms with van der Waals surface area (Å²) in [5, 5.41) is 18.6. The minimum Gasteiger partial charge on any atom is -0.383 e. The van der Waals surface area contributed by atoms with Crippen molar-refractivity contribution >= 4 is 21.6 Å². The molecule has 33 heavy (non-hydrogen) atoms. The van der Waals surface area contributed by atoms with Gasteiger partial charge in [-0.25, -0.2) is 18.7 Å². The van der Waals surface area contributed by atoms with Crippen LogP contribution < -0.4 is 5.56 Å². The number of hydrogen-bond donors (Lipinski definition) is 2. The number of rotatable bonds is 9. The molecular weight excluding hydrogens is 448 g/mol. The van der Waals surface area contributed by atoms with Gasteiger partial charge in [0.2, 0.25) is 0 Å². The Hall–Kier alpha value is -2.98. The molecule has 0 fully saturated rings. The number of aromatic nitrogens is 5. The van der Waals surface area contributed by atoms with Crippen LogP contribution in [-0.4, -0.2) is 29.8 Å². The van der Waals surface area contributed by atoms with Crippen LogP contribution in [0.5, 0.6) is 0 Å². The van der Waals surface area contributed by atoms with Crippen LogP contribution in [0.15, 0.2) is 35.6 Å². The first-order valence-corrected chi connectivity index (χ1v) is 11.6. The molecule has 0 aliphatic rings. The molecule has 0 aliphatic heterocycles. The highest BCUT2D eigenvalue weighted by atomic mass is 32.1. The van der Waals surface area contributed by atoms with E-state index in [9.17, 15) is 18.7 Å². The first-order valence-electron chi connectivity index (χ1n) is 10.8. The van der Waals surface area contributed by atoms with Gasteiger partial charge in [-0.2, -0.15) is 5.10 Å². The average Bonchev–Trinajstić information content (AvgIpc) is 3.38. The number of hydrogen-bond acceptors (Lipinski definition) is 6. The Bertz CT molecular complexity index is 1320. The molecule has 3 heterocycles. The van der Waals surface area contributed by atoms with Gasteiger partial charge in [-0.3, -0.25) is 14.5 Å². The van der Waals surface area contributed by atoms with Crippen molar-refractivity contribution in [2.45, 2.75) is 58.1 Å². The van der Waals surface area contributed by atoms with Gasteiger partial charge in [0.25, 0.3) is 5.56 Å². The molecule has 0 bridgehead atoms. The predicted octanol–water partition coefficient (Wildman–Crippen LogP) is 4.03. The minimum atomic E-state index is -1.91. The Balaban J connectivity index is 1.78. The topological polar surface area (TPSA) is 96.7 Å². The largest absolute Gasteiger partial charge is 0.383 e. The molecule has 3 aromatic heterocycles. The number of unbranched alkanes of at least 4 members (excludes halogenated alkanes) is 2. The van der Waals surface area contributed by atoms with Crippen LogP contribution in [0.25, 0.3) is 10.2 Å². The first kappa shape index (κ1) is 23.2. The summed E-state index contributed by atoms with van der Waals surface area (Å²) in [5.74, 6) is -1.45. The van der Waals surface area contributed by atoms with Crippen molar-refractivity contribution in [2.24, 2.45) is 0 Å². The van der Waals surface area contributed by atoms with E-state index >= 15 is 0 Å². The molecule has 7 nitrogen and oxygen atoms in total. The van der Waals surface area contributed by atoms with E-state index in [2.05, 4.69) is 27.1 Å². The summed E-state index contributed by atoms with van der Waals surface area (Å²) < 4.78 is 29.5. The highest BCUT2D eigenvalue weighted by Gasteiger charge is 2.35. The summed E-state index contributed by atoms with van der Waals surface area (Å²) in [6.45, 7) is 3.80. The van der Waals surface area contributed by atoms with Crippen LogP contribution >= 0.6 is 11.3 Å².